The van der Waals surface area contributed by atoms with Gasteiger partial charge in [-0.3, -0.25) is 4.79 Å². The van der Waals surface area contributed by atoms with Gasteiger partial charge in [0.2, 0.25) is 5.91 Å². The molecule has 4 nitrogen and oxygen atoms in total. The molecule has 5 heteroatoms. The van der Waals surface area contributed by atoms with Gasteiger partial charge in [0, 0.05) is 30.3 Å². The van der Waals surface area contributed by atoms with E-state index in [1.807, 2.05) is 95.9 Å². The zero-order valence-corrected chi connectivity index (χ0v) is 25.2. The number of amidine groups is 1. The number of anilines is 2. The Bertz CT molecular complexity index is 1090. The first kappa shape index (κ1) is 33.1. The number of hydrogen-bond acceptors (Lipinski definition) is 2. The van der Waals surface area contributed by atoms with Crippen LogP contribution in [0.2, 0.25) is 0 Å². The van der Waals surface area contributed by atoms with Crippen molar-refractivity contribution >= 4 is 28.8 Å². The van der Waals surface area contributed by atoms with E-state index in [2.05, 4.69) is 19.2 Å². The number of para-hydroxylation sites is 3. The van der Waals surface area contributed by atoms with Gasteiger partial charge >= 0.3 is 0 Å². The van der Waals surface area contributed by atoms with Crippen LogP contribution in [0.5, 0.6) is 0 Å². The zero-order valence-electron chi connectivity index (χ0n) is 24.4. The molecule has 3 aromatic rings. The first-order valence-electron chi connectivity index (χ1n) is 15.0. The number of rotatable bonds is 17. The van der Waals surface area contributed by atoms with E-state index in [0.29, 0.717) is 13.0 Å². The Morgan fingerprint density at radius 1 is 0.725 bits per heavy atom. The Labute approximate surface area is 248 Å². The number of amides is 1. The highest BCUT2D eigenvalue weighted by Crippen LogP contribution is 2.21. The lowest BCUT2D eigenvalue weighted by atomic mass is 10.0. The van der Waals surface area contributed by atoms with E-state index in [4.69, 9.17) is 4.99 Å². The number of carbonyl (C=O) groups excluding carboxylic acids is 1. The van der Waals surface area contributed by atoms with Crippen molar-refractivity contribution in [3.63, 3.8) is 0 Å². The summed E-state index contributed by atoms with van der Waals surface area (Å²) in [6.07, 6.45) is 13.2. The van der Waals surface area contributed by atoms with Crippen LogP contribution >= 0.6 is 0 Å². The molecule has 1 amide bonds. The van der Waals surface area contributed by atoms with Crippen molar-refractivity contribution in [2.45, 2.75) is 84.5 Å². The molecule has 0 spiro atoms. The molecular formula is C35H47ClN3O-. The lowest BCUT2D eigenvalue weighted by molar-refractivity contribution is -0.118. The van der Waals surface area contributed by atoms with Crippen LogP contribution in [0.4, 0.5) is 17.1 Å². The number of benzene rings is 3. The third kappa shape index (κ3) is 12.4. The molecule has 0 radical (unpaired) electrons. The number of carbonyl (C=O) groups is 1. The van der Waals surface area contributed by atoms with Crippen molar-refractivity contribution in [1.29, 1.82) is 0 Å². The summed E-state index contributed by atoms with van der Waals surface area (Å²) in [4.78, 5) is 20.4. The Morgan fingerprint density at radius 3 is 1.80 bits per heavy atom. The average molecular weight is 561 g/mol. The highest BCUT2D eigenvalue weighted by molar-refractivity contribution is 6.00. The van der Waals surface area contributed by atoms with Gasteiger partial charge in [-0.25, -0.2) is 4.99 Å². The molecule has 0 aliphatic carbocycles. The van der Waals surface area contributed by atoms with Crippen molar-refractivity contribution in [3.8, 4) is 0 Å². The van der Waals surface area contributed by atoms with E-state index >= 15 is 0 Å². The summed E-state index contributed by atoms with van der Waals surface area (Å²) >= 11 is 0. The molecule has 1 atom stereocenters. The predicted octanol–water partition coefficient (Wildman–Crippen LogP) is 6.81. The molecule has 0 aliphatic rings. The van der Waals surface area contributed by atoms with E-state index in [-0.39, 0.29) is 24.2 Å². The molecule has 216 valence electrons. The highest BCUT2D eigenvalue weighted by Gasteiger charge is 2.21. The van der Waals surface area contributed by atoms with Crippen molar-refractivity contribution in [1.82, 2.24) is 0 Å². The summed E-state index contributed by atoms with van der Waals surface area (Å²) in [6, 6.07) is 30.2. The Balaban J connectivity index is 0.00000560. The normalized spacial score (nSPS) is 11.9. The lowest BCUT2D eigenvalue weighted by Crippen LogP contribution is -3.00. The molecule has 0 saturated carbocycles. The van der Waals surface area contributed by atoms with Crippen LogP contribution in [0.15, 0.2) is 96.0 Å². The minimum absolute atomic E-state index is 0. The van der Waals surface area contributed by atoms with Crippen LogP contribution < -0.4 is 22.6 Å². The fourth-order valence-electron chi connectivity index (χ4n) is 4.79. The van der Waals surface area contributed by atoms with Crippen LogP contribution in [0, 0.1) is 5.92 Å². The maximum atomic E-state index is 13.5. The minimum Gasteiger partial charge on any atom is -1.00 e. The van der Waals surface area contributed by atoms with Gasteiger partial charge in [-0.1, -0.05) is 126 Å². The molecule has 0 aliphatic heterocycles. The summed E-state index contributed by atoms with van der Waals surface area (Å²) in [5.74, 6) is 1.04. The number of hydrogen-bond donors (Lipinski definition) is 1. The molecule has 0 aromatic heterocycles. The molecule has 0 bridgehead atoms. The molecular weight excluding hydrogens is 514 g/mol. The van der Waals surface area contributed by atoms with Crippen LogP contribution in [-0.4, -0.2) is 18.3 Å². The predicted molar refractivity (Wildman–Crippen MR) is 168 cm³/mol. The van der Waals surface area contributed by atoms with Gasteiger partial charge in [-0.05, 0) is 42.8 Å². The van der Waals surface area contributed by atoms with Crippen molar-refractivity contribution in [2.75, 3.05) is 16.8 Å². The van der Waals surface area contributed by atoms with Crippen LogP contribution in [-0.2, 0) is 4.79 Å². The maximum absolute atomic E-state index is 13.5. The monoisotopic (exact) mass is 560 g/mol. The topological polar surface area (TPSA) is 44.7 Å². The van der Waals surface area contributed by atoms with Gasteiger partial charge in [0.15, 0.2) is 0 Å². The van der Waals surface area contributed by atoms with Crippen molar-refractivity contribution in [3.05, 3.63) is 91.0 Å². The largest absolute Gasteiger partial charge is 1.00 e. The molecule has 1 N–H and O–H groups in total. The van der Waals surface area contributed by atoms with Gasteiger partial charge in [-0.15, -0.1) is 0 Å². The zero-order chi connectivity index (χ0) is 27.5. The molecule has 0 heterocycles. The first-order chi connectivity index (χ1) is 19.2. The number of aliphatic imine (C=N–C) groups is 1. The van der Waals surface area contributed by atoms with E-state index in [1.54, 1.807) is 0 Å². The van der Waals surface area contributed by atoms with Crippen molar-refractivity contribution < 1.29 is 17.2 Å². The van der Waals surface area contributed by atoms with Gasteiger partial charge in [0.05, 0.1) is 5.69 Å². The summed E-state index contributed by atoms with van der Waals surface area (Å²) in [5.41, 5.74) is 2.83. The van der Waals surface area contributed by atoms with E-state index in [9.17, 15) is 4.79 Å². The fourth-order valence-corrected chi connectivity index (χ4v) is 4.79. The summed E-state index contributed by atoms with van der Waals surface area (Å²) in [7, 11) is 0. The van der Waals surface area contributed by atoms with E-state index in [1.165, 1.54) is 51.4 Å². The summed E-state index contributed by atoms with van der Waals surface area (Å²) < 4.78 is 0. The second kappa shape index (κ2) is 19.9. The highest BCUT2D eigenvalue weighted by atomic mass is 35.5. The van der Waals surface area contributed by atoms with Crippen LogP contribution in [0.3, 0.4) is 0 Å². The number of halogens is 1. The molecule has 40 heavy (non-hydrogen) atoms. The maximum Gasteiger partial charge on any atom is 0.226 e. The van der Waals surface area contributed by atoms with Gasteiger partial charge < -0.3 is 22.6 Å². The fraction of sp³-hybridized carbons (Fsp3) is 0.429. The Hall–Kier alpha value is -3.11. The first-order valence-corrected chi connectivity index (χ1v) is 15.0. The molecule has 0 fully saturated rings. The Kier molecular flexibility index (Phi) is 16.4. The lowest BCUT2D eigenvalue weighted by Gasteiger charge is -2.27. The summed E-state index contributed by atoms with van der Waals surface area (Å²) in [5, 5.41) is 3.52. The third-order valence-corrected chi connectivity index (χ3v) is 7.09. The van der Waals surface area contributed by atoms with Gasteiger partial charge in [0.1, 0.15) is 5.84 Å². The van der Waals surface area contributed by atoms with Crippen LogP contribution in [0.25, 0.3) is 0 Å². The average Bonchev–Trinajstić information content (AvgIpc) is 2.98. The minimum atomic E-state index is 0. The van der Waals surface area contributed by atoms with Crippen molar-refractivity contribution in [2.24, 2.45) is 10.9 Å². The number of nitrogens with one attached hydrogen (secondary N) is 1. The summed E-state index contributed by atoms with van der Waals surface area (Å²) in [6.45, 7) is 4.97. The number of nitrogens with zero attached hydrogens (tertiary/aromatic N) is 2. The molecule has 0 saturated heterocycles. The van der Waals surface area contributed by atoms with E-state index < -0.39 is 0 Å². The van der Waals surface area contributed by atoms with Gasteiger partial charge in [0.25, 0.3) is 0 Å². The second-order valence-electron chi connectivity index (χ2n) is 10.5. The van der Waals surface area contributed by atoms with E-state index in [0.717, 1.165) is 35.7 Å². The quantitative estimate of drug-likeness (QED) is 0.112. The standard InChI is InChI=1S/C35H47N3O.ClH/c1-3-4-5-6-7-8-9-10-11-21-28-34(39)38(33-26-19-14-20-27-33)29-30(2)35(36-31-22-15-12-16-23-31)37-32-24-17-13-18-25-32;/h12-20,22-27,30H,3-11,21,28-29H2,1-2H3,(H,36,37);1H/p-1. The Morgan fingerprint density at radius 2 is 1.23 bits per heavy atom. The molecule has 1 unspecified atom stereocenters. The third-order valence-electron chi connectivity index (χ3n) is 7.09. The second-order valence-corrected chi connectivity index (χ2v) is 10.5. The SMILES string of the molecule is CCCCCCCCCCCCC(=O)N(CC(C)C(=Nc1ccccc1)Nc1ccccc1)c1ccccc1.[Cl-]. The van der Waals surface area contributed by atoms with Gasteiger partial charge in [-0.2, -0.15) is 0 Å². The number of unbranched alkanes of at least 4 members (excludes halogenated alkanes) is 9. The molecule has 3 rings (SSSR count). The molecule has 3 aromatic carbocycles. The smallest absolute Gasteiger partial charge is 0.226 e. The van der Waals surface area contributed by atoms with Crippen LogP contribution in [0.1, 0.15) is 84.5 Å².